The van der Waals surface area contributed by atoms with Crippen LogP contribution in [0.2, 0.25) is 0 Å². The van der Waals surface area contributed by atoms with Crippen LogP contribution in [0.4, 0.5) is 0 Å². The van der Waals surface area contributed by atoms with Gasteiger partial charge < -0.3 is 14.6 Å². The van der Waals surface area contributed by atoms with Gasteiger partial charge in [-0.15, -0.1) is 0 Å². The highest BCUT2D eigenvalue weighted by atomic mass is 16.4. The van der Waals surface area contributed by atoms with Gasteiger partial charge in [0.05, 0.1) is 18.0 Å². The van der Waals surface area contributed by atoms with Crippen molar-refractivity contribution in [3.63, 3.8) is 0 Å². The van der Waals surface area contributed by atoms with E-state index in [1.165, 1.54) is 12.5 Å². The summed E-state index contributed by atoms with van der Waals surface area (Å²) in [5.41, 5.74) is 0.219. The molecule has 1 aromatic heterocycles. The van der Waals surface area contributed by atoms with Gasteiger partial charge in [-0.3, -0.25) is 0 Å². The van der Waals surface area contributed by atoms with Crippen LogP contribution in [0.3, 0.4) is 0 Å². The molecule has 0 bridgehead atoms. The molecule has 1 aromatic rings. The van der Waals surface area contributed by atoms with E-state index in [0.29, 0.717) is 17.8 Å². The Hall–Kier alpha value is -1.13. The lowest BCUT2D eigenvalue weighted by Crippen LogP contribution is -2.62. The van der Waals surface area contributed by atoms with Crippen molar-refractivity contribution in [1.82, 2.24) is 0 Å². The molecule has 28 heavy (non-hydrogen) atoms. The third-order valence-electron chi connectivity index (χ3n) is 9.95. The first-order chi connectivity index (χ1) is 13.3. The van der Waals surface area contributed by atoms with E-state index in [1.807, 2.05) is 6.07 Å². The number of fused-ring (bicyclic) bond motifs is 5. The standard InChI is InChI=1S/C24H34O4/c1-22-10-7-17(25)13-16(22)4-5-20-19(22)8-11-23(2)18(9-12-24(20,23)27)15-3-6-21(26)28-14-15/h3,6,14,16-20,25,27H,4-5,7-13H2,1-2H3/t16-,17?,18-,19+,20-,22+,23-,24+/m1/s1. The maximum atomic E-state index is 12.2. The molecular formula is C24H34O4. The zero-order chi connectivity index (χ0) is 19.7. The van der Waals surface area contributed by atoms with E-state index >= 15 is 0 Å². The third kappa shape index (κ3) is 2.40. The van der Waals surface area contributed by atoms with Gasteiger partial charge in [0.25, 0.3) is 0 Å². The fraction of sp³-hybridized carbons (Fsp3) is 0.792. The molecule has 0 aliphatic heterocycles. The predicted octanol–water partition coefficient (Wildman–Crippen LogP) is 4.24. The SMILES string of the molecule is C[C@]12CCC(O)C[C@H]1CC[C@@H]1[C@@H]2CC[C@]2(C)[C@@H](c3ccc(=O)oc3)CC[C@]12O. The third-order valence-corrected chi connectivity index (χ3v) is 9.95. The van der Waals surface area contributed by atoms with E-state index in [4.69, 9.17) is 4.42 Å². The molecule has 0 saturated heterocycles. The molecule has 0 amide bonds. The van der Waals surface area contributed by atoms with Gasteiger partial charge in [-0.25, -0.2) is 4.79 Å². The van der Waals surface area contributed by atoms with Crippen LogP contribution in [0.1, 0.15) is 83.1 Å². The highest BCUT2D eigenvalue weighted by Gasteiger charge is 2.67. The normalized spacial score (nSPS) is 50.5. The molecular weight excluding hydrogens is 352 g/mol. The Labute approximate surface area is 167 Å². The van der Waals surface area contributed by atoms with E-state index in [1.54, 1.807) is 6.26 Å². The van der Waals surface area contributed by atoms with Gasteiger partial charge in [-0.2, -0.15) is 0 Å². The fourth-order valence-corrected chi connectivity index (χ4v) is 8.30. The number of hydrogen-bond donors (Lipinski definition) is 2. The Morgan fingerprint density at radius 1 is 1.00 bits per heavy atom. The highest BCUT2D eigenvalue weighted by Crippen LogP contribution is 2.70. The summed E-state index contributed by atoms with van der Waals surface area (Å²) in [7, 11) is 0. The second-order valence-electron chi connectivity index (χ2n) is 10.8. The number of hydrogen-bond acceptors (Lipinski definition) is 4. The van der Waals surface area contributed by atoms with Gasteiger partial charge in [0.15, 0.2) is 0 Å². The maximum absolute atomic E-state index is 12.2. The van der Waals surface area contributed by atoms with Gasteiger partial charge in [0.2, 0.25) is 0 Å². The molecule has 4 saturated carbocycles. The van der Waals surface area contributed by atoms with Crippen molar-refractivity contribution in [2.45, 2.75) is 89.3 Å². The van der Waals surface area contributed by atoms with Crippen molar-refractivity contribution >= 4 is 0 Å². The van der Waals surface area contributed by atoms with Crippen molar-refractivity contribution < 1.29 is 14.6 Å². The van der Waals surface area contributed by atoms with Crippen LogP contribution in [-0.4, -0.2) is 21.9 Å². The van der Waals surface area contributed by atoms with Gasteiger partial charge in [-0.1, -0.05) is 13.8 Å². The summed E-state index contributed by atoms with van der Waals surface area (Å²) < 4.78 is 5.17. The minimum Gasteiger partial charge on any atom is -0.431 e. The molecule has 5 rings (SSSR count). The van der Waals surface area contributed by atoms with E-state index in [9.17, 15) is 15.0 Å². The molecule has 4 aliphatic rings. The molecule has 4 heteroatoms. The van der Waals surface area contributed by atoms with Gasteiger partial charge >= 0.3 is 5.63 Å². The Bertz CT molecular complexity index is 797. The second kappa shape index (κ2) is 6.18. The zero-order valence-electron chi connectivity index (χ0n) is 17.2. The smallest absolute Gasteiger partial charge is 0.335 e. The lowest BCUT2D eigenvalue weighted by Gasteiger charge is -2.63. The Kier molecular flexibility index (Phi) is 4.17. The van der Waals surface area contributed by atoms with Crippen LogP contribution >= 0.6 is 0 Å². The molecule has 154 valence electrons. The number of rotatable bonds is 1. The highest BCUT2D eigenvalue weighted by molar-refractivity contribution is 5.27. The van der Waals surface area contributed by atoms with Crippen molar-refractivity contribution in [2.75, 3.05) is 0 Å². The monoisotopic (exact) mass is 386 g/mol. The van der Waals surface area contributed by atoms with E-state index in [2.05, 4.69) is 13.8 Å². The van der Waals surface area contributed by atoms with Crippen LogP contribution in [0.5, 0.6) is 0 Å². The van der Waals surface area contributed by atoms with Gasteiger partial charge in [0, 0.05) is 11.5 Å². The van der Waals surface area contributed by atoms with E-state index in [-0.39, 0.29) is 28.5 Å². The summed E-state index contributed by atoms with van der Waals surface area (Å²) in [6.45, 7) is 4.73. The number of aliphatic hydroxyl groups excluding tert-OH is 1. The molecule has 8 atom stereocenters. The maximum Gasteiger partial charge on any atom is 0.335 e. The van der Waals surface area contributed by atoms with Gasteiger partial charge in [0.1, 0.15) is 0 Å². The summed E-state index contributed by atoms with van der Waals surface area (Å²) in [4.78, 5) is 11.4. The summed E-state index contributed by atoms with van der Waals surface area (Å²) in [5, 5.41) is 22.4. The summed E-state index contributed by atoms with van der Waals surface area (Å²) in [6.07, 6.45) is 10.7. The Balaban J connectivity index is 1.48. The predicted molar refractivity (Wildman–Crippen MR) is 107 cm³/mol. The Morgan fingerprint density at radius 3 is 2.57 bits per heavy atom. The summed E-state index contributed by atoms with van der Waals surface area (Å²) >= 11 is 0. The molecule has 0 spiro atoms. The molecule has 1 unspecified atom stereocenters. The zero-order valence-corrected chi connectivity index (χ0v) is 17.2. The molecule has 4 aliphatic carbocycles. The van der Waals surface area contributed by atoms with E-state index < -0.39 is 5.60 Å². The van der Waals surface area contributed by atoms with Crippen molar-refractivity contribution in [3.8, 4) is 0 Å². The van der Waals surface area contributed by atoms with Crippen LogP contribution in [0, 0.1) is 28.6 Å². The average molecular weight is 387 g/mol. The Morgan fingerprint density at radius 2 is 1.82 bits per heavy atom. The largest absolute Gasteiger partial charge is 0.431 e. The fourth-order valence-electron chi connectivity index (χ4n) is 8.30. The molecule has 2 N–H and O–H groups in total. The average Bonchev–Trinajstić information content (AvgIpc) is 2.95. The lowest BCUT2D eigenvalue weighted by atomic mass is 9.43. The van der Waals surface area contributed by atoms with Gasteiger partial charge in [-0.05, 0) is 98.5 Å². The van der Waals surface area contributed by atoms with Crippen molar-refractivity contribution in [2.24, 2.45) is 28.6 Å². The van der Waals surface area contributed by atoms with Crippen LogP contribution in [0.15, 0.2) is 27.6 Å². The van der Waals surface area contributed by atoms with Crippen molar-refractivity contribution in [3.05, 3.63) is 34.4 Å². The van der Waals surface area contributed by atoms with Crippen LogP contribution in [0.25, 0.3) is 0 Å². The summed E-state index contributed by atoms with van der Waals surface area (Å²) in [6, 6.07) is 3.42. The van der Waals surface area contributed by atoms with E-state index in [0.717, 1.165) is 56.9 Å². The van der Waals surface area contributed by atoms with Crippen LogP contribution in [-0.2, 0) is 0 Å². The minimum atomic E-state index is -0.638. The lowest BCUT2D eigenvalue weighted by molar-refractivity contribution is -0.205. The van der Waals surface area contributed by atoms with Crippen molar-refractivity contribution in [1.29, 1.82) is 0 Å². The quantitative estimate of drug-likeness (QED) is 0.757. The molecule has 4 nitrogen and oxygen atoms in total. The first-order valence-corrected chi connectivity index (χ1v) is 11.3. The molecule has 4 fully saturated rings. The molecule has 0 radical (unpaired) electrons. The molecule has 0 aromatic carbocycles. The number of aliphatic hydroxyl groups is 2. The topological polar surface area (TPSA) is 70.7 Å². The van der Waals surface area contributed by atoms with Crippen LogP contribution < -0.4 is 5.63 Å². The molecule has 1 heterocycles. The first-order valence-electron chi connectivity index (χ1n) is 11.3. The minimum absolute atomic E-state index is 0.129. The first kappa shape index (κ1) is 18.9. The summed E-state index contributed by atoms with van der Waals surface area (Å²) in [5.74, 6) is 1.76. The second-order valence-corrected chi connectivity index (χ2v) is 10.8.